The number of carbonyl (C=O) groups excluding carboxylic acids is 2. The van der Waals surface area contributed by atoms with Gasteiger partial charge in [-0.2, -0.15) is 0 Å². The van der Waals surface area contributed by atoms with E-state index in [2.05, 4.69) is 10.6 Å². The molecule has 1 aliphatic rings. The number of benzene rings is 2. The van der Waals surface area contributed by atoms with Gasteiger partial charge in [0, 0.05) is 37.8 Å². The number of halogens is 1. The van der Waals surface area contributed by atoms with Crippen molar-refractivity contribution >= 4 is 23.2 Å². The van der Waals surface area contributed by atoms with Crippen molar-refractivity contribution in [1.29, 1.82) is 0 Å². The third kappa shape index (κ3) is 4.88. The molecule has 2 aromatic carbocycles. The van der Waals surface area contributed by atoms with E-state index in [0.29, 0.717) is 12.2 Å². The Morgan fingerprint density at radius 1 is 1.11 bits per heavy atom. The van der Waals surface area contributed by atoms with Gasteiger partial charge in [0.25, 0.3) is 5.91 Å². The maximum absolute atomic E-state index is 14.1. The normalized spacial score (nSPS) is 14.0. The van der Waals surface area contributed by atoms with E-state index in [9.17, 15) is 14.0 Å². The topological polar surface area (TPSA) is 61.4 Å². The second-order valence-electron chi connectivity index (χ2n) is 7.41. The van der Waals surface area contributed by atoms with Crippen LogP contribution in [0.2, 0.25) is 0 Å². The van der Waals surface area contributed by atoms with Crippen LogP contribution in [-0.2, 0) is 11.3 Å². The highest BCUT2D eigenvalue weighted by Gasteiger charge is 2.22. The second-order valence-corrected chi connectivity index (χ2v) is 7.41. The van der Waals surface area contributed by atoms with Crippen LogP contribution in [0.5, 0.6) is 0 Å². The maximum atomic E-state index is 14.1. The lowest BCUT2D eigenvalue weighted by molar-refractivity contribution is -0.119. The number of hydrogen-bond donors (Lipinski definition) is 2. The minimum absolute atomic E-state index is 0.0649. The van der Waals surface area contributed by atoms with Crippen molar-refractivity contribution in [2.75, 3.05) is 24.3 Å². The second kappa shape index (κ2) is 8.87. The first-order valence-electron chi connectivity index (χ1n) is 9.59. The van der Waals surface area contributed by atoms with Crippen molar-refractivity contribution in [2.45, 2.75) is 32.2 Å². The highest BCUT2D eigenvalue weighted by Crippen LogP contribution is 2.26. The van der Waals surface area contributed by atoms with Gasteiger partial charge in [0.15, 0.2) is 0 Å². The van der Waals surface area contributed by atoms with Gasteiger partial charge in [-0.1, -0.05) is 25.0 Å². The summed E-state index contributed by atoms with van der Waals surface area (Å²) >= 11 is 0. The monoisotopic (exact) mass is 383 g/mol. The average Bonchev–Trinajstić information content (AvgIpc) is 3.21. The molecule has 28 heavy (non-hydrogen) atoms. The van der Waals surface area contributed by atoms with Crippen molar-refractivity contribution in [3.8, 4) is 0 Å². The van der Waals surface area contributed by atoms with Crippen LogP contribution in [0.1, 0.15) is 41.6 Å². The lowest BCUT2D eigenvalue weighted by atomic mass is 10.1. The molecule has 0 radical (unpaired) electrons. The molecule has 1 saturated carbocycles. The predicted molar refractivity (Wildman–Crippen MR) is 109 cm³/mol. The number of rotatable bonds is 6. The summed E-state index contributed by atoms with van der Waals surface area (Å²) in [6.07, 6.45) is 4.12. The zero-order valence-electron chi connectivity index (χ0n) is 16.3. The molecule has 0 aliphatic heterocycles. The summed E-state index contributed by atoms with van der Waals surface area (Å²) in [7, 11) is 3.49. The first kappa shape index (κ1) is 19.9. The molecular weight excluding hydrogens is 357 g/mol. The summed E-state index contributed by atoms with van der Waals surface area (Å²) in [5, 5.41) is 5.76. The van der Waals surface area contributed by atoms with Crippen molar-refractivity contribution in [1.82, 2.24) is 5.32 Å². The molecule has 2 amide bonds. The van der Waals surface area contributed by atoms with E-state index in [1.165, 1.54) is 6.07 Å². The largest absolute Gasteiger partial charge is 0.375 e. The standard InChI is InChI=1S/C22H26FN3O2/c1-26(2)20-11-10-17(13-19(20)23)21(27)24-14-15-6-5-9-18(12-15)25-22(28)16-7-3-4-8-16/h5-6,9-13,16H,3-4,7-8,14H2,1-2H3,(H,24,27)(H,25,28). The van der Waals surface area contributed by atoms with Crippen molar-refractivity contribution < 1.29 is 14.0 Å². The van der Waals surface area contributed by atoms with E-state index in [4.69, 9.17) is 0 Å². The highest BCUT2D eigenvalue weighted by molar-refractivity contribution is 5.95. The Bertz CT molecular complexity index is 861. The smallest absolute Gasteiger partial charge is 0.251 e. The van der Waals surface area contributed by atoms with Crippen molar-refractivity contribution in [3.05, 3.63) is 59.4 Å². The molecule has 148 valence electrons. The van der Waals surface area contributed by atoms with Gasteiger partial charge in [0.1, 0.15) is 5.82 Å². The van der Waals surface area contributed by atoms with Gasteiger partial charge in [0.05, 0.1) is 5.69 Å². The van der Waals surface area contributed by atoms with Gasteiger partial charge in [0.2, 0.25) is 5.91 Å². The average molecular weight is 383 g/mol. The fraction of sp³-hybridized carbons (Fsp3) is 0.364. The molecule has 0 spiro atoms. The summed E-state index contributed by atoms with van der Waals surface area (Å²) in [6.45, 7) is 0.295. The van der Waals surface area contributed by atoms with Crippen LogP contribution >= 0.6 is 0 Å². The quantitative estimate of drug-likeness (QED) is 0.794. The molecule has 2 N–H and O–H groups in total. The van der Waals surface area contributed by atoms with Crippen molar-refractivity contribution in [3.63, 3.8) is 0 Å². The Kier molecular flexibility index (Phi) is 6.29. The van der Waals surface area contributed by atoms with Crippen LogP contribution in [0, 0.1) is 11.7 Å². The molecule has 0 unspecified atom stereocenters. The van der Waals surface area contributed by atoms with Gasteiger partial charge in [-0.15, -0.1) is 0 Å². The molecule has 0 heterocycles. The summed E-state index contributed by atoms with van der Waals surface area (Å²) in [5.41, 5.74) is 2.30. The number of nitrogens with one attached hydrogen (secondary N) is 2. The Balaban J connectivity index is 1.59. The summed E-state index contributed by atoms with van der Waals surface area (Å²) in [4.78, 5) is 26.2. The van der Waals surface area contributed by atoms with Crippen LogP contribution in [0.25, 0.3) is 0 Å². The summed E-state index contributed by atoms with van der Waals surface area (Å²) in [5.74, 6) is -0.614. The number of hydrogen-bond acceptors (Lipinski definition) is 3. The zero-order valence-corrected chi connectivity index (χ0v) is 16.3. The SMILES string of the molecule is CN(C)c1ccc(C(=O)NCc2cccc(NC(=O)C3CCCC3)c2)cc1F. The Morgan fingerprint density at radius 3 is 2.54 bits per heavy atom. The lowest BCUT2D eigenvalue weighted by Gasteiger charge is -2.14. The highest BCUT2D eigenvalue weighted by atomic mass is 19.1. The minimum atomic E-state index is -0.436. The molecule has 2 aromatic rings. The van der Waals surface area contributed by atoms with Crippen molar-refractivity contribution in [2.24, 2.45) is 5.92 Å². The van der Waals surface area contributed by atoms with Gasteiger partial charge < -0.3 is 15.5 Å². The van der Waals surface area contributed by atoms with Gasteiger partial charge >= 0.3 is 0 Å². The first-order valence-corrected chi connectivity index (χ1v) is 9.59. The lowest BCUT2D eigenvalue weighted by Crippen LogP contribution is -2.23. The maximum Gasteiger partial charge on any atom is 0.251 e. The minimum Gasteiger partial charge on any atom is -0.375 e. The zero-order chi connectivity index (χ0) is 20.1. The van der Waals surface area contributed by atoms with E-state index < -0.39 is 5.82 Å². The summed E-state index contributed by atoms with van der Waals surface area (Å²) in [6, 6.07) is 11.8. The van der Waals surface area contributed by atoms with Crippen LogP contribution in [0.3, 0.4) is 0 Å². The molecule has 5 nitrogen and oxygen atoms in total. The molecule has 3 rings (SSSR count). The molecule has 0 atom stereocenters. The van der Waals surface area contributed by atoms with Gasteiger partial charge in [-0.05, 0) is 48.7 Å². The molecule has 6 heteroatoms. The fourth-order valence-corrected chi connectivity index (χ4v) is 3.49. The number of anilines is 2. The van der Waals surface area contributed by atoms with Gasteiger partial charge in [-0.25, -0.2) is 4.39 Å². The number of nitrogens with zero attached hydrogens (tertiary/aromatic N) is 1. The Morgan fingerprint density at radius 2 is 1.86 bits per heavy atom. The predicted octanol–water partition coefficient (Wildman–Crippen LogP) is 3.95. The van der Waals surface area contributed by atoms with E-state index in [1.807, 2.05) is 24.3 Å². The van der Waals surface area contributed by atoms with Gasteiger partial charge in [-0.3, -0.25) is 9.59 Å². The van der Waals surface area contributed by atoms with Crippen LogP contribution in [0.4, 0.5) is 15.8 Å². The number of amides is 2. The molecule has 0 saturated heterocycles. The fourth-order valence-electron chi connectivity index (χ4n) is 3.49. The Hall–Kier alpha value is -2.89. The third-order valence-corrected chi connectivity index (χ3v) is 5.07. The van der Waals surface area contributed by atoms with Crippen LogP contribution < -0.4 is 15.5 Å². The van der Waals surface area contributed by atoms with Crippen LogP contribution in [0.15, 0.2) is 42.5 Å². The number of carbonyl (C=O) groups is 2. The Labute approximate surface area is 164 Å². The third-order valence-electron chi connectivity index (χ3n) is 5.07. The molecule has 0 aromatic heterocycles. The molecular formula is C22H26FN3O2. The summed E-state index contributed by atoms with van der Waals surface area (Å²) < 4.78 is 14.1. The first-order chi connectivity index (χ1) is 13.4. The molecule has 1 fully saturated rings. The van der Waals surface area contributed by atoms with E-state index >= 15 is 0 Å². The molecule has 1 aliphatic carbocycles. The molecule has 0 bridgehead atoms. The van der Waals surface area contributed by atoms with Crippen LogP contribution in [-0.4, -0.2) is 25.9 Å². The van der Waals surface area contributed by atoms with E-state index in [1.54, 1.807) is 31.1 Å². The van der Waals surface area contributed by atoms with E-state index in [-0.39, 0.29) is 23.3 Å². The van der Waals surface area contributed by atoms with E-state index in [0.717, 1.165) is 36.9 Å².